The van der Waals surface area contributed by atoms with Crippen LogP contribution in [0.2, 0.25) is 0 Å². The first-order valence-corrected chi connectivity index (χ1v) is 20.0. The summed E-state index contributed by atoms with van der Waals surface area (Å²) in [4.78, 5) is 28.3. The van der Waals surface area contributed by atoms with Gasteiger partial charge in [0.2, 0.25) is 0 Å². The third kappa shape index (κ3) is 6.56. The van der Waals surface area contributed by atoms with Gasteiger partial charge in [0, 0.05) is 6.08 Å². The smallest absolute Gasteiger partial charge is 0.347 e. The molecule has 0 saturated carbocycles. The molecule has 7 rings (SSSR count). The van der Waals surface area contributed by atoms with E-state index in [1.807, 2.05) is 152 Å². The minimum absolute atomic E-state index is 0.0894. The monoisotopic (exact) mass is 740 g/mol. The Labute approximate surface area is 323 Å². The summed E-state index contributed by atoms with van der Waals surface area (Å²) >= 11 is 0. The van der Waals surface area contributed by atoms with Crippen LogP contribution in [0.3, 0.4) is 0 Å². The molecule has 0 aromatic heterocycles. The third-order valence-corrected chi connectivity index (χ3v) is 15.2. The van der Waals surface area contributed by atoms with Crippen LogP contribution in [-0.2, 0) is 24.5 Å². The molecule has 0 spiro atoms. The molecule has 0 aliphatic heterocycles. The van der Waals surface area contributed by atoms with E-state index in [-0.39, 0.29) is 5.57 Å². The lowest BCUT2D eigenvalue weighted by atomic mass is 9.62. The van der Waals surface area contributed by atoms with Crippen LogP contribution in [0.5, 0.6) is 0 Å². The van der Waals surface area contributed by atoms with Gasteiger partial charge in [-0.15, -0.1) is 0 Å². The highest BCUT2D eigenvalue weighted by Crippen LogP contribution is 2.64. The Morgan fingerprint density at radius 2 is 0.945 bits per heavy atom. The van der Waals surface area contributed by atoms with Gasteiger partial charge < -0.3 is 14.6 Å². The second-order valence-corrected chi connectivity index (χ2v) is 16.9. The highest BCUT2D eigenvalue weighted by Gasteiger charge is 2.62. The minimum Gasteiger partial charge on any atom is -0.840 e. The van der Waals surface area contributed by atoms with E-state index in [0.29, 0.717) is 0 Å². The minimum atomic E-state index is -3.25. The molecule has 272 valence electrons. The molecule has 2 atom stereocenters. The maximum absolute atomic E-state index is 16.6. The predicted octanol–water partition coefficient (Wildman–Crippen LogP) is 7.25. The van der Waals surface area contributed by atoms with Gasteiger partial charge >= 0.3 is 11.9 Å². The molecule has 0 saturated heterocycles. The number of esters is 2. The van der Waals surface area contributed by atoms with Crippen molar-refractivity contribution in [1.29, 1.82) is 0 Å². The Hall–Kier alpha value is -6.13. The molecule has 55 heavy (non-hydrogen) atoms. The van der Waals surface area contributed by atoms with Crippen molar-refractivity contribution in [2.24, 2.45) is 0 Å². The van der Waals surface area contributed by atoms with E-state index in [1.165, 1.54) is 20.3 Å². The van der Waals surface area contributed by atoms with Gasteiger partial charge in [-0.1, -0.05) is 164 Å². The Balaban J connectivity index is 1.58. The van der Waals surface area contributed by atoms with E-state index >= 15 is 5.11 Å². The summed E-state index contributed by atoms with van der Waals surface area (Å²) in [5.41, 5.74) is -0.898. The number of benzene rings is 6. The van der Waals surface area contributed by atoms with Crippen molar-refractivity contribution in [3.05, 3.63) is 234 Å². The van der Waals surface area contributed by atoms with Gasteiger partial charge in [-0.2, -0.15) is 0 Å². The van der Waals surface area contributed by atoms with Crippen molar-refractivity contribution >= 4 is 35.1 Å². The molecule has 1 aliphatic carbocycles. The summed E-state index contributed by atoms with van der Waals surface area (Å²) in [6.07, 6.45) is 6.46. The van der Waals surface area contributed by atoms with Gasteiger partial charge in [-0.3, -0.25) is 0 Å². The second-order valence-electron chi connectivity index (χ2n) is 13.4. The zero-order valence-corrected chi connectivity index (χ0v) is 31.6. The second kappa shape index (κ2) is 16.1. The van der Waals surface area contributed by atoms with E-state index in [2.05, 4.69) is 36.4 Å². The van der Waals surface area contributed by atoms with Crippen molar-refractivity contribution in [1.82, 2.24) is 0 Å². The van der Waals surface area contributed by atoms with Gasteiger partial charge in [0.25, 0.3) is 0 Å². The molecule has 6 aromatic carbocycles. The topological polar surface area (TPSA) is 75.7 Å². The van der Waals surface area contributed by atoms with Crippen molar-refractivity contribution < 1.29 is 24.2 Å². The molecule has 2 unspecified atom stereocenters. The fourth-order valence-electron chi connectivity index (χ4n) is 8.14. The molecule has 1 aliphatic rings. The lowest BCUT2D eigenvalue weighted by Crippen LogP contribution is -2.62. The van der Waals surface area contributed by atoms with E-state index in [1.54, 1.807) is 12.2 Å². The number of ether oxygens (including phenoxy) is 2. The molecule has 6 aromatic rings. The molecule has 0 heterocycles. The Bertz CT molecular complexity index is 2130. The average Bonchev–Trinajstić information content (AvgIpc) is 3.26. The highest BCUT2D eigenvalue weighted by molar-refractivity contribution is 7.97. The van der Waals surface area contributed by atoms with Crippen LogP contribution in [-0.4, -0.2) is 37.4 Å². The van der Waals surface area contributed by atoms with Crippen LogP contribution < -0.4 is 21.0 Å². The van der Waals surface area contributed by atoms with E-state index < -0.39 is 35.9 Å². The Morgan fingerprint density at radius 3 is 1.29 bits per heavy atom. The number of carbonyl (C=O) groups excluding carboxylic acids is 2. The standard InChI is InChI=1S/C49H41O5P/c1-53-45(50)36-41-35-40(49(37-21-9-3-10-22-37,38-23-11-4-12-24-38)39-25-13-5-14-26-39)33-34-48(41,52)46(47(51)54-2)55(42-27-15-6-16-28-42,43-29-17-7-18-30-43)44-31-19-8-20-32-44/h3-36,46H,1-2H3/b41-36+. The third-order valence-electron chi connectivity index (χ3n) is 10.5. The van der Waals surface area contributed by atoms with Crippen LogP contribution in [0.4, 0.5) is 0 Å². The molecule has 0 N–H and O–H groups in total. The molecule has 0 bridgehead atoms. The molecule has 6 heteroatoms. The van der Waals surface area contributed by atoms with Gasteiger partial charge in [-0.05, 0) is 69.8 Å². The molecular weight excluding hydrogens is 700 g/mol. The quantitative estimate of drug-likeness (QED) is 0.0606. The van der Waals surface area contributed by atoms with Gasteiger partial charge in [0.05, 0.1) is 19.6 Å². The number of hydrogen-bond donors (Lipinski definition) is 0. The van der Waals surface area contributed by atoms with E-state index in [0.717, 1.165) is 38.2 Å². The van der Waals surface area contributed by atoms with Crippen molar-refractivity contribution in [2.45, 2.75) is 16.7 Å². The van der Waals surface area contributed by atoms with Crippen LogP contribution in [0, 0.1) is 0 Å². The van der Waals surface area contributed by atoms with Gasteiger partial charge in [-0.25, -0.2) is 9.59 Å². The van der Waals surface area contributed by atoms with Crippen LogP contribution in [0.1, 0.15) is 16.7 Å². The number of methoxy groups -OCH3 is 2. The summed E-state index contributed by atoms with van der Waals surface area (Å²) in [5, 5.41) is 19.0. The fraction of sp³-hybridized carbons (Fsp3) is 0.102. The summed E-state index contributed by atoms with van der Waals surface area (Å²) in [5.74, 6) is -1.39. The van der Waals surface area contributed by atoms with Crippen molar-refractivity contribution in [2.75, 3.05) is 14.2 Å². The molecular formula is C49H41O5P. The average molecular weight is 741 g/mol. The maximum Gasteiger partial charge on any atom is 0.347 e. The van der Waals surface area contributed by atoms with Crippen LogP contribution in [0.25, 0.3) is 0 Å². The summed E-state index contributed by atoms with van der Waals surface area (Å²) in [7, 11) is -0.656. The first kappa shape index (κ1) is 37.2. The van der Waals surface area contributed by atoms with Crippen LogP contribution in [0.15, 0.2) is 217 Å². The number of allylic oxidation sites excluding steroid dienone is 2. The predicted molar refractivity (Wildman–Crippen MR) is 220 cm³/mol. The lowest BCUT2D eigenvalue weighted by Gasteiger charge is -2.50. The summed E-state index contributed by atoms with van der Waals surface area (Å²) in [6, 6.07) is 59.6. The van der Waals surface area contributed by atoms with E-state index in [4.69, 9.17) is 9.47 Å². The first-order valence-electron chi connectivity index (χ1n) is 18.1. The first-order chi connectivity index (χ1) is 26.9. The largest absolute Gasteiger partial charge is 0.840 e. The molecule has 0 radical (unpaired) electrons. The van der Waals surface area contributed by atoms with E-state index in [9.17, 15) is 9.59 Å². The molecule has 0 amide bonds. The summed E-state index contributed by atoms with van der Waals surface area (Å²) < 4.78 is 10.9. The number of hydrogen-bond acceptors (Lipinski definition) is 5. The maximum atomic E-state index is 16.6. The highest BCUT2D eigenvalue weighted by atomic mass is 31.2. The summed E-state index contributed by atoms with van der Waals surface area (Å²) in [6.45, 7) is 0. The zero-order valence-electron chi connectivity index (χ0n) is 30.7. The number of carbonyl (C=O) groups is 2. The zero-order chi connectivity index (χ0) is 38.3. The Kier molecular flexibility index (Phi) is 10.9. The molecule has 0 fully saturated rings. The van der Waals surface area contributed by atoms with Crippen LogP contribution >= 0.6 is 7.26 Å². The Morgan fingerprint density at radius 1 is 0.582 bits per heavy atom. The fourth-order valence-corrected chi connectivity index (χ4v) is 13.1. The molecule has 5 nitrogen and oxygen atoms in total. The number of rotatable bonds is 11. The van der Waals surface area contributed by atoms with Crippen molar-refractivity contribution in [3.8, 4) is 0 Å². The SMILES string of the molecule is COC(=O)/C=C1\C=C(C(c2ccccc2)(c2ccccc2)c2ccccc2)C=CC1([O-])C(C(=O)OC)[P+](c1ccccc1)(c1ccccc1)c1ccccc1. The van der Waals surface area contributed by atoms with Gasteiger partial charge in [0.15, 0.2) is 5.66 Å². The van der Waals surface area contributed by atoms with Crippen molar-refractivity contribution in [3.63, 3.8) is 0 Å². The lowest BCUT2D eigenvalue weighted by molar-refractivity contribution is -0.441. The van der Waals surface area contributed by atoms with Gasteiger partial charge in [0.1, 0.15) is 23.2 Å². The normalized spacial score (nSPS) is 16.9.